The maximum Gasteiger partial charge on any atom is 0.419 e. The first-order chi connectivity index (χ1) is 11.3. The molecule has 0 saturated carbocycles. The van der Waals surface area contributed by atoms with E-state index in [2.05, 4.69) is 4.72 Å². The number of nitrogens with one attached hydrogen (secondary N) is 1. The lowest BCUT2D eigenvalue weighted by Gasteiger charge is -2.10. The number of allylic oxidation sites excluding steroid dienone is 1. The van der Waals surface area contributed by atoms with Gasteiger partial charge in [-0.2, -0.15) is 0 Å². The number of oxazole rings is 1. The van der Waals surface area contributed by atoms with E-state index in [1.807, 2.05) is 6.92 Å². The Bertz CT molecular complexity index is 926. The van der Waals surface area contributed by atoms with Crippen LogP contribution in [0, 0.1) is 0 Å². The molecule has 0 radical (unpaired) electrons. The molecule has 0 bridgehead atoms. The predicted octanol–water partition coefficient (Wildman–Crippen LogP) is 3.39. The highest BCUT2D eigenvalue weighted by atomic mass is 35.5. The molecule has 1 N–H and O–H groups in total. The van der Waals surface area contributed by atoms with Crippen LogP contribution in [-0.4, -0.2) is 13.0 Å². The molecule has 2 rings (SSSR count). The number of sulfonamides is 1. The average molecular weight is 371 g/mol. The van der Waals surface area contributed by atoms with Gasteiger partial charge in [-0.3, -0.25) is 9.29 Å². The molecule has 0 aliphatic carbocycles. The number of rotatable bonds is 6. The Balaban J connectivity index is 2.43. The summed E-state index contributed by atoms with van der Waals surface area (Å²) < 4.78 is 34.2. The van der Waals surface area contributed by atoms with E-state index in [0.29, 0.717) is 22.8 Å². The SMILES string of the molecule is CCC(=Cc1oc(=O)n(C)c1CC)S(=O)(=O)Nc1cccc(Cl)c1. The van der Waals surface area contributed by atoms with E-state index < -0.39 is 15.8 Å². The van der Waals surface area contributed by atoms with Crippen LogP contribution in [0.15, 0.2) is 38.4 Å². The monoisotopic (exact) mass is 370 g/mol. The molecule has 0 amide bonds. The summed E-state index contributed by atoms with van der Waals surface area (Å²) in [5.74, 6) is -0.257. The molecular weight excluding hydrogens is 352 g/mol. The summed E-state index contributed by atoms with van der Waals surface area (Å²) in [5, 5.41) is 0.430. The summed E-state index contributed by atoms with van der Waals surface area (Å²) in [5.41, 5.74) is 1.01. The van der Waals surface area contributed by atoms with E-state index in [1.165, 1.54) is 16.7 Å². The van der Waals surface area contributed by atoms with Crippen molar-refractivity contribution in [2.24, 2.45) is 7.05 Å². The Morgan fingerprint density at radius 2 is 2.08 bits per heavy atom. The average Bonchev–Trinajstić information content (AvgIpc) is 2.78. The van der Waals surface area contributed by atoms with Crippen LogP contribution < -0.4 is 10.5 Å². The molecule has 130 valence electrons. The first-order valence-electron chi connectivity index (χ1n) is 7.46. The van der Waals surface area contributed by atoms with Gasteiger partial charge in [-0.1, -0.05) is 31.5 Å². The summed E-state index contributed by atoms with van der Waals surface area (Å²) >= 11 is 5.87. The van der Waals surface area contributed by atoms with Crippen LogP contribution >= 0.6 is 11.6 Å². The minimum absolute atomic E-state index is 0.117. The van der Waals surface area contributed by atoms with Crippen molar-refractivity contribution in [1.29, 1.82) is 0 Å². The van der Waals surface area contributed by atoms with Crippen molar-refractivity contribution in [1.82, 2.24) is 4.57 Å². The highest BCUT2D eigenvalue weighted by molar-refractivity contribution is 7.96. The van der Waals surface area contributed by atoms with Crippen LogP contribution in [0.25, 0.3) is 6.08 Å². The topological polar surface area (TPSA) is 81.3 Å². The molecule has 0 unspecified atom stereocenters. The van der Waals surface area contributed by atoms with Crippen molar-refractivity contribution in [3.8, 4) is 0 Å². The van der Waals surface area contributed by atoms with Gasteiger partial charge in [-0.15, -0.1) is 0 Å². The maximum absolute atomic E-state index is 12.6. The van der Waals surface area contributed by atoms with Crippen molar-refractivity contribution in [2.75, 3.05) is 4.72 Å². The van der Waals surface area contributed by atoms with Gasteiger partial charge in [0, 0.05) is 12.1 Å². The fourth-order valence-electron chi connectivity index (χ4n) is 2.31. The molecule has 1 aromatic carbocycles. The molecule has 8 heteroatoms. The van der Waals surface area contributed by atoms with Crippen LogP contribution in [0.1, 0.15) is 31.7 Å². The highest BCUT2D eigenvalue weighted by Gasteiger charge is 2.19. The van der Waals surface area contributed by atoms with Crippen LogP contribution in [0.3, 0.4) is 0 Å². The first-order valence-corrected chi connectivity index (χ1v) is 9.32. The van der Waals surface area contributed by atoms with Gasteiger partial charge in [0.2, 0.25) is 0 Å². The van der Waals surface area contributed by atoms with E-state index in [-0.39, 0.29) is 17.1 Å². The lowest BCUT2D eigenvalue weighted by Crippen LogP contribution is -2.14. The molecule has 1 heterocycles. The van der Waals surface area contributed by atoms with Gasteiger partial charge >= 0.3 is 5.76 Å². The van der Waals surface area contributed by atoms with E-state index in [0.717, 1.165) is 0 Å². The van der Waals surface area contributed by atoms with Crippen LogP contribution in [-0.2, 0) is 23.5 Å². The minimum Gasteiger partial charge on any atom is -0.408 e. The smallest absolute Gasteiger partial charge is 0.408 e. The Morgan fingerprint density at radius 3 is 2.67 bits per heavy atom. The molecule has 0 aliphatic heterocycles. The van der Waals surface area contributed by atoms with Gasteiger partial charge in [-0.25, -0.2) is 13.2 Å². The normalized spacial score (nSPS) is 12.4. The van der Waals surface area contributed by atoms with Gasteiger partial charge in [0.1, 0.15) is 0 Å². The van der Waals surface area contributed by atoms with Gasteiger partial charge in [0.25, 0.3) is 10.0 Å². The summed E-state index contributed by atoms with van der Waals surface area (Å²) in [6.45, 7) is 3.58. The van der Waals surface area contributed by atoms with Crippen LogP contribution in [0.5, 0.6) is 0 Å². The van der Waals surface area contributed by atoms with Crippen molar-refractivity contribution in [3.05, 3.63) is 56.2 Å². The molecule has 6 nitrogen and oxygen atoms in total. The molecule has 24 heavy (non-hydrogen) atoms. The summed E-state index contributed by atoms with van der Waals surface area (Å²) in [7, 11) is -2.20. The lowest BCUT2D eigenvalue weighted by atomic mass is 10.2. The zero-order valence-corrected chi connectivity index (χ0v) is 15.2. The number of anilines is 1. The molecule has 0 spiro atoms. The van der Waals surface area contributed by atoms with Crippen molar-refractivity contribution in [2.45, 2.75) is 26.7 Å². The predicted molar refractivity (Wildman–Crippen MR) is 95.6 cm³/mol. The third-order valence-corrected chi connectivity index (χ3v) is 5.39. The largest absolute Gasteiger partial charge is 0.419 e. The standard InChI is InChI=1S/C16H19ClN2O4S/c1-4-13(10-15-14(5-2)19(3)16(20)23-15)24(21,22)18-12-8-6-7-11(17)9-12/h6-10,18H,4-5H2,1-3H3. The van der Waals surface area contributed by atoms with Crippen molar-refractivity contribution >= 4 is 33.4 Å². The van der Waals surface area contributed by atoms with Gasteiger partial charge < -0.3 is 4.42 Å². The fraction of sp³-hybridized carbons (Fsp3) is 0.312. The first kappa shape index (κ1) is 18.4. The second kappa shape index (κ2) is 7.27. The fourth-order valence-corrected chi connectivity index (χ4v) is 3.71. The Labute approximate surface area is 145 Å². The zero-order valence-electron chi connectivity index (χ0n) is 13.7. The zero-order chi connectivity index (χ0) is 17.9. The van der Waals surface area contributed by atoms with E-state index in [4.69, 9.17) is 16.0 Å². The van der Waals surface area contributed by atoms with Gasteiger partial charge in [0.15, 0.2) is 5.76 Å². The van der Waals surface area contributed by atoms with E-state index in [1.54, 1.807) is 32.2 Å². The van der Waals surface area contributed by atoms with Crippen LogP contribution in [0.4, 0.5) is 5.69 Å². The summed E-state index contributed by atoms with van der Waals surface area (Å²) in [6.07, 6.45) is 2.19. The Morgan fingerprint density at radius 1 is 1.38 bits per heavy atom. The van der Waals surface area contributed by atoms with E-state index in [9.17, 15) is 13.2 Å². The summed E-state index contributed by atoms with van der Waals surface area (Å²) in [6, 6.07) is 6.44. The number of nitrogens with zero attached hydrogens (tertiary/aromatic N) is 1. The van der Waals surface area contributed by atoms with E-state index >= 15 is 0 Å². The number of benzene rings is 1. The van der Waals surface area contributed by atoms with Gasteiger partial charge in [0.05, 0.1) is 16.3 Å². The lowest BCUT2D eigenvalue weighted by molar-refractivity contribution is 0.487. The highest BCUT2D eigenvalue weighted by Crippen LogP contribution is 2.22. The third kappa shape index (κ3) is 3.91. The number of aromatic nitrogens is 1. The summed E-state index contributed by atoms with van der Waals surface area (Å²) in [4.78, 5) is 11.8. The Kier molecular flexibility index (Phi) is 5.56. The third-order valence-electron chi connectivity index (χ3n) is 3.56. The number of hydrogen-bond donors (Lipinski definition) is 1. The molecular formula is C16H19ClN2O4S. The molecule has 0 fully saturated rings. The maximum atomic E-state index is 12.6. The Hall–Kier alpha value is -1.99. The van der Waals surface area contributed by atoms with Crippen LogP contribution in [0.2, 0.25) is 5.02 Å². The van der Waals surface area contributed by atoms with Crippen molar-refractivity contribution < 1.29 is 12.8 Å². The molecule has 0 aliphatic rings. The number of hydrogen-bond acceptors (Lipinski definition) is 4. The number of halogens is 1. The molecule has 1 aromatic heterocycles. The second-order valence-electron chi connectivity index (χ2n) is 5.17. The molecule has 2 aromatic rings. The second-order valence-corrected chi connectivity index (χ2v) is 7.34. The molecule has 0 atom stereocenters. The molecule has 0 saturated heterocycles. The van der Waals surface area contributed by atoms with Crippen molar-refractivity contribution in [3.63, 3.8) is 0 Å². The quantitative estimate of drug-likeness (QED) is 0.845. The minimum atomic E-state index is -3.79. The van der Waals surface area contributed by atoms with Gasteiger partial charge in [-0.05, 0) is 37.1 Å².